The van der Waals surface area contributed by atoms with Crippen LogP contribution in [0, 0.1) is 6.92 Å². The minimum atomic E-state index is 0.413. The van der Waals surface area contributed by atoms with E-state index in [1.807, 2.05) is 37.4 Å². The Hall–Kier alpha value is -0.990. The van der Waals surface area contributed by atoms with E-state index in [4.69, 9.17) is 23.2 Å². The van der Waals surface area contributed by atoms with Gasteiger partial charge in [0.2, 0.25) is 0 Å². The predicted molar refractivity (Wildman–Crippen MR) is 62.9 cm³/mol. The van der Waals surface area contributed by atoms with Crippen molar-refractivity contribution in [2.24, 2.45) is 0 Å². The van der Waals surface area contributed by atoms with Gasteiger partial charge in [0.1, 0.15) is 0 Å². The smallest absolute Gasteiger partial charge is 0.0834 e. The lowest BCUT2D eigenvalue weighted by atomic mass is 10.2. The van der Waals surface area contributed by atoms with Crippen LogP contribution < -0.4 is 0 Å². The first-order valence-electron chi connectivity index (χ1n) is 4.58. The largest absolute Gasteiger partial charge is 0.239 e. The number of hydrogen-bond donors (Lipinski definition) is 0. The molecule has 0 atom stereocenters. The van der Waals surface area contributed by atoms with Crippen molar-refractivity contribution < 1.29 is 0 Å². The van der Waals surface area contributed by atoms with Crippen molar-refractivity contribution in [3.05, 3.63) is 46.7 Å². The molecule has 0 bridgehead atoms. The van der Waals surface area contributed by atoms with Gasteiger partial charge >= 0.3 is 0 Å². The molecule has 1 heterocycles. The molecule has 0 aliphatic heterocycles. The summed E-state index contributed by atoms with van der Waals surface area (Å²) in [5, 5.41) is 5.03. The summed E-state index contributed by atoms with van der Waals surface area (Å²) in [4.78, 5) is 0. The Kier molecular flexibility index (Phi) is 2.98. The highest BCUT2D eigenvalue weighted by Crippen LogP contribution is 2.23. The lowest BCUT2D eigenvalue weighted by Gasteiger charge is -2.06. The second-order valence-electron chi connectivity index (χ2n) is 3.29. The van der Waals surface area contributed by atoms with E-state index >= 15 is 0 Å². The molecule has 0 aliphatic carbocycles. The van der Waals surface area contributed by atoms with E-state index in [2.05, 4.69) is 5.10 Å². The van der Waals surface area contributed by atoms with E-state index in [-0.39, 0.29) is 0 Å². The second-order valence-corrected chi connectivity index (χ2v) is 3.94. The van der Waals surface area contributed by atoms with E-state index in [1.165, 1.54) is 0 Å². The van der Waals surface area contributed by atoms with Gasteiger partial charge in [-0.3, -0.25) is 0 Å². The van der Waals surface area contributed by atoms with Crippen LogP contribution in [0.5, 0.6) is 0 Å². The first-order chi connectivity index (χ1) is 7.22. The molecule has 0 saturated heterocycles. The molecular formula is C11H10Cl2N2. The SMILES string of the molecule is Cc1cccc(-n2ccc(CCl)n2)c1Cl. The van der Waals surface area contributed by atoms with E-state index in [0.717, 1.165) is 22.0 Å². The van der Waals surface area contributed by atoms with Gasteiger partial charge in [0, 0.05) is 6.20 Å². The quantitative estimate of drug-likeness (QED) is 0.735. The molecule has 1 aromatic carbocycles. The van der Waals surface area contributed by atoms with Crippen LogP contribution in [0.25, 0.3) is 5.69 Å². The lowest BCUT2D eigenvalue weighted by molar-refractivity contribution is 0.858. The van der Waals surface area contributed by atoms with Crippen molar-refractivity contribution in [1.29, 1.82) is 0 Å². The van der Waals surface area contributed by atoms with Crippen molar-refractivity contribution in [3.8, 4) is 5.69 Å². The Morgan fingerprint density at radius 3 is 2.80 bits per heavy atom. The van der Waals surface area contributed by atoms with E-state index in [9.17, 15) is 0 Å². The molecule has 0 amide bonds. The second kappa shape index (κ2) is 4.25. The highest BCUT2D eigenvalue weighted by Gasteiger charge is 2.06. The monoisotopic (exact) mass is 240 g/mol. The van der Waals surface area contributed by atoms with Gasteiger partial charge in [-0.1, -0.05) is 23.7 Å². The van der Waals surface area contributed by atoms with Gasteiger partial charge in [-0.15, -0.1) is 11.6 Å². The number of hydrogen-bond acceptors (Lipinski definition) is 1. The molecular weight excluding hydrogens is 231 g/mol. The van der Waals surface area contributed by atoms with Gasteiger partial charge in [-0.05, 0) is 24.6 Å². The summed E-state index contributed by atoms with van der Waals surface area (Å²) in [5.74, 6) is 0.413. The molecule has 0 saturated carbocycles. The Morgan fingerprint density at radius 2 is 2.13 bits per heavy atom. The Labute approximate surface area is 98.4 Å². The summed E-state index contributed by atoms with van der Waals surface area (Å²) < 4.78 is 1.74. The van der Waals surface area contributed by atoms with Crippen LogP contribution in [0.4, 0.5) is 0 Å². The average Bonchev–Trinajstić information content (AvgIpc) is 2.70. The van der Waals surface area contributed by atoms with E-state index in [1.54, 1.807) is 4.68 Å². The molecule has 0 aliphatic rings. The van der Waals surface area contributed by atoms with Crippen molar-refractivity contribution >= 4 is 23.2 Å². The molecule has 2 rings (SSSR count). The lowest BCUT2D eigenvalue weighted by Crippen LogP contribution is -1.97. The minimum absolute atomic E-state index is 0.413. The maximum Gasteiger partial charge on any atom is 0.0834 e. The number of aryl methyl sites for hydroxylation is 1. The predicted octanol–water partition coefficient (Wildman–Crippen LogP) is 3.57. The van der Waals surface area contributed by atoms with Crippen LogP contribution in [0.15, 0.2) is 30.5 Å². The fraction of sp³-hybridized carbons (Fsp3) is 0.182. The minimum Gasteiger partial charge on any atom is -0.239 e. The molecule has 2 nitrogen and oxygen atoms in total. The number of alkyl halides is 1. The molecule has 0 spiro atoms. The van der Waals surface area contributed by atoms with Crippen molar-refractivity contribution in [2.75, 3.05) is 0 Å². The molecule has 0 fully saturated rings. The standard InChI is InChI=1S/C11H10Cl2N2/c1-8-3-2-4-10(11(8)13)15-6-5-9(7-12)14-15/h2-6H,7H2,1H3. The Bertz CT molecular complexity index is 477. The van der Waals surface area contributed by atoms with Crippen LogP contribution in [-0.2, 0) is 5.88 Å². The number of halogens is 2. The summed E-state index contributed by atoms with van der Waals surface area (Å²) >= 11 is 11.9. The Balaban J connectivity index is 2.49. The van der Waals surface area contributed by atoms with Crippen molar-refractivity contribution in [1.82, 2.24) is 9.78 Å². The zero-order chi connectivity index (χ0) is 10.8. The van der Waals surface area contributed by atoms with Crippen molar-refractivity contribution in [3.63, 3.8) is 0 Å². The third-order valence-corrected chi connectivity index (χ3v) is 2.96. The normalized spacial score (nSPS) is 10.6. The molecule has 15 heavy (non-hydrogen) atoms. The fourth-order valence-electron chi connectivity index (χ4n) is 1.38. The number of aromatic nitrogens is 2. The van der Waals surface area contributed by atoms with Crippen molar-refractivity contribution in [2.45, 2.75) is 12.8 Å². The summed E-state index contributed by atoms with van der Waals surface area (Å²) in [6, 6.07) is 7.74. The zero-order valence-electron chi connectivity index (χ0n) is 8.24. The summed E-state index contributed by atoms with van der Waals surface area (Å²) in [6.07, 6.45) is 1.86. The molecule has 1 aromatic heterocycles. The summed E-state index contributed by atoms with van der Waals surface area (Å²) in [6.45, 7) is 1.97. The summed E-state index contributed by atoms with van der Waals surface area (Å²) in [5.41, 5.74) is 2.76. The molecule has 0 N–H and O–H groups in total. The summed E-state index contributed by atoms with van der Waals surface area (Å²) in [7, 11) is 0. The average molecular weight is 241 g/mol. The van der Waals surface area contributed by atoms with Gasteiger partial charge in [-0.2, -0.15) is 5.10 Å². The van der Waals surface area contributed by atoms with Gasteiger partial charge < -0.3 is 0 Å². The third-order valence-electron chi connectivity index (χ3n) is 2.20. The molecule has 4 heteroatoms. The van der Waals surface area contributed by atoms with Gasteiger partial charge in [0.25, 0.3) is 0 Å². The molecule has 2 aromatic rings. The molecule has 0 radical (unpaired) electrons. The topological polar surface area (TPSA) is 17.8 Å². The first-order valence-corrected chi connectivity index (χ1v) is 5.49. The maximum atomic E-state index is 6.19. The van der Waals surface area contributed by atoms with Gasteiger partial charge in [-0.25, -0.2) is 4.68 Å². The third kappa shape index (κ3) is 2.01. The Morgan fingerprint density at radius 1 is 1.33 bits per heavy atom. The van der Waals surface area contributed by atoms with Crippen LogP contribution in [-0.4, -0.2) is 9.78 Å². The number of nitrogens with zero attached hydrogens (tertiary/aromatic N) is 2. The van der Waals surface area contributed by atoms with Crippen LogP contribution in [0.2, 0.25) is 5.02 Å². The molecule has 78 valence electrons. The highest BCUT2D eigenvalue weighted by molar-refractivity contribution is 6.33. The van der Waals surface area contributed by atoms with Gasteiger partial charge in [0.15, 0.2) is 0 Å². The van der Waals surface area contributed by atoms with E-state index < -0.39 is 0 Å². The van der Waals surface area contributed by atoms with Crippen LogP contribution >= 0.6 is 23.2 Å². The number of benzene rings is 1. The highest BCUT2D eigenvalue weighted by atomic mass is 35.5. The fourth-order valence-corrected chi connectivity index (χ4v) is 1.73. The molecule has 0 unspecified atom stereocenters. The maximum absolute atomic E-state index is 6.19. The van der Waals surface area contributed by atoms with E-state index in [0.29, 0.717) is 5.88 Å². The van der Waals surface area contributed by atoms with Crippen LogP contribution in [0.1, 0.15) is 11.3 Å². The van der Waals surface area contributed by atoms with Gasteiger partial charge in [0.05, 0.1) is 22.3 Å². The van der Waals surface area contributed by atoms with Crippen LogP contribution in [0.3, 0.4) is 0 Å². The first kappa shape index (κ1) is 10.5. The number of rotatable bonds is 2. The zero-order valence-corrected chi connectivity index (χ0v) is 9.76.